The Morgan fingerprint density at radius 3 is 2.78 bits per heavy atom. The highest BCUT2D eigenvalue weighted by molar-refractivity contribution is 14.0. The highest BCUT2D eigenvalue weighted by Gasteiger charge is 2.32. The van der Waals surface area contributed by atoms with E-state index < -0.39 is 17.8 Å². The van der Waals surface area contributed by atoms with E-state index in [4.69, 9.17) is 9.47 Å². The lowest BCUT2D eigenvalue weighted by Crippen LogP contribution is -2.49. The van der Waals surface area contributed by atoms with Crippen LogP contribution in [0, 0.1) is 6.92 Å². The molecule has 1 unspecified atom stereocenters. The number of aromatic nitrogens is 3. The number of methoxy groups -OCH3 is 1. The predicted molar refractivity (Wildman–Crippen MR) is 124 cm³/mol. The molecule has 12 heteroatoms. The smallest absolute Gasteiger partial charge is 0.383 e. The van der Waals surface area contributed by atoms with Crippen molar-refractivity contribution in [1.29, 1.82) is 0 Å². The Balaban J connectivity index is 0.00000363. The van der Waals surface area contributed by atoms with Gasteiger partial charge in [0.25, 0.3) is 0 Å². The van der Waals surface area contributed by atoms with Gasteiger partial charge in [-0.25, -0.2) is 4.99 Å². The van der Waals surface area contributed by atoms with Gasteiger partial charge >= 0.3 is 6.18 Å². The highest BCUT2D eigenvalue weighted by atomic mass is 127. The van der Waals surface area contributed by atoms with Crippen molar-refractivity contribution < 1.29 is 22.6 Å². The average Bonchev–Trinajstić information content (AvgIpc) is 3.08. The molecule has 0 bridgehead atoms. The van der Waals surface area contributed by atoms with E-state index in [0.717, 1.165) is 18.0 Å². The first-order valence-electron chi connectivity index (χ1n) is 9.95. The topological polar surface area (TPSA) is 76.8 Å². The summed E-state index contributed by atoms with van der Waals surface area (Å²) in [6.07, 6.45) is -4.89. The second-order valence-corrected chi connectivity index (χ2v) is 7.21. The summed E-state index contributed by atoms with van der Waals surface area (Å²) >= 11 is 0. The number of guanidine groups is 1. The van der Waals surface area contributed by atoms with Gasteiger partial charge in [-0.1, -0.05) is 12.1 Å². The van der Waals surface area contributed by atoms with Crippen molar-refractivity contribution in [2.45, 2.75) is 25.7 Å². The Morgan fingerprint density at radius 2 is 2.12 bits per heavy atom. The van der Waals surface area contributed by atoms with Gasteiger partial charge < -0.3 is 24.3 Å². The number of ether oxygens (including phenoxy) is 2. The van der Waals surface area contributed by atoms with Crippen molar-refractivity contribution in [3.8, 4) is 0 Å². The third kappa shape index (κ3) is 6.78. The van der Waals surface area contributed by atoms with E-state index in [1.54, 1.807) is 13.2 Å². The minimum Gasteiger partial charge on any atom is -0.383 e. The van der Waals surface area contributed by atoms with Crippen LogP contribution in [0.4, 0.5) is 13.2 Å². The molecule has 2 heterocycles. The van der Waals surface area contributed by atoms with E-state index in [9.17, 15) is 13.2 Å². The molecule has 1 aliphatic heterocycles. The minimum absolute atomic E-state index is 0. The second kappa shape index (κ2) is 11.8. The fraction of sp³-hybridized carbons (Fsp3) is 0.550. The lowest BCUT2D eigenvalue weighted by Gasteiger charge is -2.35. The Labute approximate surface area is 202 Å². The Morgan fingerprint density at radius 1 is 1.34 bits per heavy atom. The molecule has 1 aromatic carbocycles. The van der Waals surface area contributed by atoms with E-state index in [1.165, 1.54) is 6.07 Å². The maximum atomic E-state index is 13.1. The Bertz CT molecular complexity index is 906. The first-order valence-corrected chi connectivity index (χ1v) is 9.95. The van der Waals surface area contributed by atoms with Crippen molar-refractivity contribution in [2.24, 2.45) is 12.0 Å². The van der Waals surface area contributed by atoms with E-state index in [0.29, 0.717) is 56.7 Å². The fourth-order valence-electron chi connectivity index (χ4n) is 3.23. The second-order valence-electron chi connectivity index (χ2n) is 7.21. The molecule has 3 rings (SSSR count). The summed E-state index contributed by atoms with van der Waals surface area (Å²) in [5.41, 5.74) is -0.199. The van der Waals surface area contributed by atoms with Crippen LogP contribution in [0.15, 0.2) is 29.3 Å². The van der Waals surface area contributed by atoms with E-state index >= 15 is 0 Å². The molecular formula is C20H28F3IN6O2. The van der Waals surface area contributed by atoms with Crippen LogP contribution in [0.2, 0.25) is 0 Å². The number of benzene rings is 1. The molecule has 0 aliphatic carbocycles. The SMILES string of the molecule is COCCNC(=NCc1nnc(C)n1C)N1CCOC(c2cccc(C(F)(F)F)c2)C1.I. The molecule has 1 saturated heterocycles. The maximum absolute atomic E-state index is 13.1. The summed E-state index contributed by atoms with van der Waals surface area (Å²) in [5.74, 6) is 2.12. The quantitative estimate of drug-likeness (QED) is 0.250. The Hall–Kier alpha value is -1.93. The van der Waals surface area contributed by atoms with Crippen molar-refractivity contribution in [2.75, 3.05) is 40.0 Å². The molecule has 0 saturated carbocycles. The fourth-order valence-corrected chi connectivity index (χ4v) is 3.23. The predicted octanol–water partition coefficient (Wildman–Crippen LogP) is 2.93. The van der Waals surface area contributed by atoms with Crippen LogP contribution < -0.4 is 5.32 Å². The third-order valence-corrected chi connectivity index (χ3v) is 5.09. The molecule has 0 radical (unpaired) electrons. The number of halogens is 4. The van der Waals surface area contributed by atoms with Crippen molar-refractivity contribution in [3.63, 3.8) is 0 Å². The van der Waals surface area contributed by atoms with Crippen LogP contribution in [-0.2, 0) is 29.2 Å². The molecular weight excluding hydrogens is 540 g/mol. The van der Waals surface area contributed by atoms with Crippen LogP contribution >= 0.6 is 24.0 Å². The third-order valence-electron chi connectivity index (χ3n) is 5.09. The van der Waals surface area contributed by atoms with E-state index in [-0.39, 0.29) is 24.0 Å². The molecule has 1 atom stereocenters. The largest absolute Gasteiger partial charge is 0.416 e. The molecule has 1 aliphatic rings. The molecule has 0 spiro atoms. The molecule has 1 N–H and O–H groups in total. The molecule has 8 nitrogen and oxygen atoms in total. The van der Waals surface area contributed by atoms with Gasteiger partial charge in [-0.3, -0.25) is 0 Å². The van der Waals surface area contributed by atoms with Crippen molar-refractivity contribution >= 4 is 29.9 Å². The number of morpholine rings is 1. The van der Waals surface area contributed by atoms with E-state index in [1.807, 2.05) is 23.4 Å². The molecule has 1 aromatic heterocycles. The molecule has 2 aromatic rings. The van der Waals surface area contributed by atoms with Gasteiger partial charge in [0.2, 0.25) is 0 Å². The van der Waals surface area contributed by atoms with Crippen molar-refractivity contribution in [3.05, 3.63) is 47.0 Å². The normalized spacial score (nSPS) is 17.2. The van der Waals surface area contributed by atoms with E-state index in [2.05, 4.69) is 20.5 Å². The lowest BCUT2D eigenvalue weighted by molar-refractivity contribution is -0.137. The number of rotatable bonds is 6. The monoisotopic (exact) mass is 568 g/mol. The summed E-state index contributed by atoms with van der Waals surface area (Å²) in [7, 11) is 3.48. The summed E-state index contributed by atoms with van der Waals surface area (Å²) < 4.78 is 52.1. The minimum atomic E-state index is -4.40. The van der Waals surface area contributed by atoms with Crippen LogP contribution in [0.1, 0.15) is 28.9 Å². The number of alkyl halides is 3. The molecule has 178 valence electrons. The van der Waals surface area contributed by atoms with Gasteiger partial charge in [-0.15, -0.1) is 34.2 Å². The van der Waals surface area contributed by atoms with Gasteiger partial charge in [0, 0.05) is 27.2 Å². The van der Waals surface area contributed by atoms with Gasteiger partial charge in [0.15, 0.2) is 11.8 Å². The number of aliphatic imine (C=N–C) groups is 1. The van der Waals surface area contributed by atoms with Crippen LogP contribution in [0.5, 0.6) is 0 Å². The molecule has 32 heavy (non-hydrogen) atoms. The van der Waals surface area contributed by atoms with Crippen LogP contribution in [0.25, 0.3) is 0 Å². The average molecular weight is 568 g/mol. The first kappa shape index (κ1) is 26.3. The summed E-state index contributed by atoms with van der Waals surface area (Å²) in [4.78, 5) is 6.65. The summed E-state index contributed by atoms with van der Waals surface area (Å²) in [6.45, 7) is 4.51. The van der Waals surface area contributed by atoms with Gasteiger partial charge in [0.05, 0.1) is 25.3 Å². The summed E-state index contributed by atoms with van der Waals surface area (Å²) in [5, 5.41) is 11.4. The number of hydrogen-bond donors (Lipinski definition) is 1. The number of hydrogen-bond acceptors (Lipinski definition) is 5. The van der Waals surface area contributed by atoms with Gasteiger partial charge in [0.1, 0.15) is 18.5 Å². The van der Waals surface area contributed by atoms with Crippen molar-refractivity contribution in [1.82, 2.24) is 25.0 Å². The molecule has 0 amide bonds. The lowest BCUT2D eigenvalue weighted by atomic mass is 10.0. The van der Waals surface area contributed by atoms with Crippen LogP contribution in [-0.4, -0.2) is 65.6 Å². The number of nitrogens with zero attached hydrogens (tertiary/aromatic N) is 5. The zero-order valence-electron chi connectivity index (χ0n) is 18.2. The zero-order valence-corrected chi connectivity index (χ0v) is 20.6. The first-order chi connectivity index (χ1) is 14.8. The Kier molecular flexibility index (Phi) is 9.70. The summed E-state index contributed by atoms with van der Waals surface area (Å²) in [6, 6.07) is 5.27. The highest BCUT2D eigenvalue weighted by Crippen LogP contribution is 2.32. The maximum Gasteiger partial charge on any atom is 0.416 e. The van der Waals surface area contributed by atoms with Gasteiger partial charge in [-0.2, -0.15) is 13.2 Å². The van der Waals surface area contributed by atoms with Crippen LogP contribution in [0.3, 0.4) is 0 Å². The van der Waals surface area contributed by atoms with Gasteiger partial charge in [-0.05, 0) is 24.6 Å². The number of aryl methyl sites for hydroxylation is 1. The zero-order chi connectivity index (χ0) is 22.4. The number of nitrogens with one attached hydrogen (secondary N) is 1. The standard InChI is InChI=1S/C20H27F3N6O2.HI/c1-14-26-27-18(28(14)2)12-25-19(24-7-9-30-3)29-8-10-31-17(13-29)15-5-4-6-16(11-15)20(21,22)23;/h4-6,11,17H,7-10,12-13H2,1-3H3,(H,24,25);1H. The molecule has 1 fully saturated rings.